The van der Waals surface area contributed by atoms with E-state index in [-0.39, 0.29) is 48.0 Å². The summed E-state index contributed by atoms with van der Waals surface area (Å²) in [6.07, 6.45) is -0.820. The van der Waals surface area contributed by atoms with E-state index in [0.29, 0.717) is 5.56 Å². The van der Waals surface area contributed by atoms with Gasteiger partial charge in [-0.15, -0.1) is 0 Å². The Morgan fingerprint density at radius 3 is 2.67 bits per heavy atom. The van der Waals surface area contributed by atoms with Crippen LogP contribution >= 0.6 is 0 Å². The number of anilines is 1. The van der Waals surface area contributed by atoms with Crippen molar-refractivity contribution in [3.63, 3.8) is 0 Å². The Labute approximate surface area is 187 Å². The van der Waals surface area contributed by atoms with E-state index in [9.17, 15) is 19.2 Å². The van der Waals surface area contributed by atoms with Crippen LogP contribution in [0.1, 0.15) is 36.8 Å². The molecule has 1 aromatic carbocycles. The molecule has 4 heterocycles. The number of halogens is 1. The number of rotatable bonds is 2. The molecular formula is C21H22FN5O6. The first-order valence-corrected chi connectivity index (χ1v) is 10.6. The zero-order chi connectivity index (χ0) is 23.7. The number of hydrogen-bond donors (Lipinski definition) is 3. The lowest BCUT2D eigenvalue weighted by molar-refractivity contribution is -0.151. The summed E-state index contributed by atoms with van der Waals surface area (Å²) in [5.74, 6) is -2.83. The maximum atomic E-state index is 15.8. The quantitative estimate of drug-likeness (QED) is 0.555. The van der Waals surface area contributed by atoms with Crippen LogP contribution in [0.4, 0.5) is 14.9 Å². The summed E-state index contributed by atoms with van der Waals surface area (Å²) in [6.45, 7) is 5.68. The summed E-state index contributed by atoms with van der Waals surface area (Å²) >= 11 is 0. The fraction of sp³-hybridized carbons (Fsp3) is 0.476. The summed E-state index contributed by atoms with van der Waals surface area (Å²) in [6, 6.07) is -0.442. The number of barbiturate groups is 1. The maximum absolute atomic E-state index is 15.8. The van der Waals surface area contributed by atoms with Crippen molar-refractivity contribution >= 4 is 40.4 Å². The number of ether oxygens (including phenoxy) is 1. The number of urea groups is 1. The Morgan fingerprint density at radius 2 is 2.00 bits per heavy atom. The van der Waals surface area contributed by atoms with Crippen molar-refractivity contribution in [2.75, 3.05) is 18.1 Å². The lowest BCUT2D eigenvalue weighted by atomic mass is 9.66. The first-order valence-electron chi connectivity index (χ1n) is 10.6. The molecule has 0 aliphatic carbocycles. The molecule has 33 heavy (non-hydrogen) atoms. The van der Waals surface area contributed by atoms with E-state index in [1.807, 2.05) is 0 Å². The number of nitrogens with one attached hydrogen (secondary N) is 3. The zero-order valence-electron chi connectivity index (χ0n) is 18.2. The number of hydrogen-bond acceptors (Lipinski definition) is 8. The van der Waals surface area contributed by atoms with E-state index >= 15 is 4.39 Å². The van der Waals surface area contributed by atoms with Gasteiger partial charge in [0.05, 0.1) is 29.8 Å². The average Bonchev–Trinajstić information content (AvgIpc) is 3.15. The van der Waals surface area contributed by atoms with Crippen molar-refractivity contribution in [2.45, 2.75) is 45.4 Å². The third-order valence-electron chi connectivity index (χ3n) is 6.41. The van der Waals surface area contributed by atoms with E-state index in [4.69, 9.17) is 9.26 Å². The van der Waals surface area contributed by atoms with Gasteiger partial charge in [0.15, 0.2) is 16.9 Å². The zero-order valence-corrected chi connectivity index (χ0v) is 18.2. The van der Waals surface area contributed by atoms with Crippen LogP contribution in [0.3, 0.4) is 0 Å². The molecule has 0 radical (unpaired) electrons. The SMILES string of the molecule is CC(C)NC(=O)c1noc2c(F)c3c(cc12)CC1(C(=O)NC(=O)NC1=O)[C@@H]1[C@@H](C)OCCN31. The number of fused-ring (bicyclic) bond motifs is 5. The van der Waals surface area contributed by atoms with Gasteiger partial charge in [-0.2, -0.15) is 0 Å². The maximum Gasteiger partial charge on any atom is 0.328 e. The number of carbonyl (C=O) groups excluding carboxylic acids is 4. The molecule has 2 atom stereocenters. The van der Waals surface area contributed by atoms with E-state index in [1.165, 1.54) is 6.07 Å². The number of nitrogens with zero attached hydrogens (tertiary/aromatic N) is 2. The summed E-state index contributed by atoms with van der Waals surface area (Å²) in [5, 5.41) is 10.9. The third-order valence-corrected chi connectivity index (χ3v) is 6.41. The number of imide groups is 2. The summed E-state index contributed by atoms with van der Waals surface area (Å²) < 4.78 is 26.7. The van der Waals surface area contributed by atoms with Gasteiger partial charge in [-0.05, 0) is 32.4 Å². The molecule has 1 spiro atoms. The Kier molecular flexibility index (Phi) is 4.67. The molecule has 1 aromatic heterocycles. The molecule has 5 rings (SSSR count). The van der Waals surface area contributed by atoms with E-state index in [1.54, 1.807) is 25.7 Å². The van der Waals surface area contributed by atoms with Crippen LogP contribution in [0.5, 0.6) is 0 Å². The van der Waals surface area contributed by atoms with Gasteiger partial charge in [0, 0.05) is 19.0 Å². The highest BCUT2D eigenvalue weighted by Crippen LogP contribution is 2.48. The van der Waals surface area contributed by atoms with Crippen molar-refractivity contribution in [3.8, 4) is 0 Å². The lowest BCUT2D eigenvalue weighted by Crippen LogP contribution is -2.74. The Bertz CT molecular complexity index is 1200. The molecule has 11 nitrogen and oxygen atoms in total. The van der Waals surface area contributed by atoms with Crippen molar-refractivity contribution in [1.29, 1.82) is 0 Å². The second-order valence-corrected chi connectivity index (χ2v) is 8.83. The van der Waals surface area contributed by atoms with Gasteiger partial charge in [0.1, 0.15) is 0 Å². The van der Waals surface area contributed by atoms with E-state index in [2.05, 4.69) is 21.1 Å². The van der Waals surface area contributed by atoms with E-state index in [0.717, 1.165) is 0 Å². The van der Waals surface area contributed by atoms with Gasteiger partial charge in [-0.1, -0.05) is 5.16 Å². The highest BCUT2D eigenvalue weighted by Gasteiger charge is 2.62. The molecule has 2 fully saturated rings. The van der Waals surface area contributed by atoms with Crippen molar-refractivity contribution < 1.29 is 32.8 Å². The first kappa shape index (κ1) is 21.3. The monoisotopic (exact) mass is 459 g/mol. The molecular weight excluding hydrogens is 437 g/mol. The molecule has 12 heteroatoms. The van der Waals surface area contributed by atoms with Crippen LogP contribution < -0.4 is 20.9 Å². The predicted molar refractivity (Wildman–Crippen MR) is 111 cm³/mol. The normalized spacial score (nSPS) is 23.9. The van der Waals surface area contributed by atoms with Crippen LogP contribution in [0.15, 0.2) is 10.6 Å². The van der Waals surface area contributed by atoms with Gasteiger partial charge in [-0.3, -0.25) is 25.0 Å². The molecule has 3 N–H and O–H groups in total. The lowest BCUT2D eigenvalue weighted by Gasteiger charge is -2.54. The van der Waals surface area contributed by atoms with Gasteiger partial charge < -0.3 is 19.5 Å². The van der Waals surface area contributed by atoms with Crippen molar-refractivity contribution in [2.24, 2.45) is 5.41 Å². The van der Waals surface area contributed by atoms with Crippen LogP contribution in [0.2, 0.25) is 0 Å². The molecule has 0 bridgehead atoms. The highest BCUT2D eigenvalue weighted by atomic mass is 19.1. The number of aromatic nitrogens is 1. The number of carbonyl (C=O) groups is 4. The fourth-order valence-electron chi connectivity index (χ4n) is 5.16. The average molecular weight is 459 g/mol. The van der Waals surface area contributed by atoms with Crippen molar-refractivity contribution in [1.82, 2.24) is 21.1 Å². The van der Waals surface area contributed by atoms with Crippen LogP contribution in [0.25, 0.3) is 11.0 Å². The predicted octanol–water partition coefficient (Wildman–Crippen LogP) is 0.607. The summed E-state index contributed by atoms with van der Waals surface area (Å²) in [4.78, 5) is 52.2. The number of morpholine rings is 1. The molecule has 3 aliphatic rings. The minimum absolute atomic E-state index is 0.0976. The molecule has 5 amide bonds. The number of benzene rings is 1. The van der Waals surface area contributed by atoms with Gasteiger partial charge in [0.25, 0.3) is 5.91 Å². The Balaban J connectivity index is 1.72. The smallest absolute Gasteiger partial charge is 0.328 e. The summed E-state index contributed by atoms with van der Waals surface area (Å²) in [7, 11) is 0. The third kappa shape index (κ3) is 2.93. The Morgan fingerprint density at radius 1 is 1.30 bits per heavy atom. The minimum atomic E-state index is -1.74. The Hall–Kier alpha value is -3.54. The molecule has 174 valence electrons. The molecule has 2 saturated heterocycles. The topological polar surface area (TPSA) is 143 Å². The molecule has 3 aliphatic heterocycles. The first-order chi connectivity index (χ1) is 15.6. The standard InChI is InChI=1S/C21H22FN5O6/c1-8(2)23-17(28)13-11-6-10-7-21(18(29)24-20(31)25-19(21)30)16-9(3)32-5-4-27(16)14(10)12(22)15(11)33-26-13/h6,8-9,16H,4-5,7H2,1-3H3,(H,23,28)(H2,24,25,29,30,31)/t9-,16+/m1/s1. The fourth-order valence-corrected chi connectivity index (χ4v) is 5.16. The van der Waals surface area contributed by atoms with Crippen LogP contribution in [-0.2, 0) is 20.7 Å². The van der Waals surface area contributed by atoms with Gasteiger partial charge in [-0.25, -0.2) is 9.18 Å². The molecule has 2 aromatic rings. The molecule has 0 unspecified atom stereocenters. The van der Waals surface area contributed by atoms with Gasteiger partial charge >= 0.3 is 6.03 Å². The minimum Gasteiger partial charge on any atom is -0.374 e. The molecule has 0 saturated carbocycles. The van der Waals surface area contributed by atoms with Crippen molar-refractivity contribution in [3.05, 3.63) is 23.1 Å². The van der Waals surface area contributed by atoms with Crippen LogP contribution in [-0.4, -0.2) is 60.2 Å². The number of amides is 5. The van der Waals surface area contributed by atoms with Gasteiger partial charge in [0.2, 0.25) is 17.4 Å². The van der Waals surface area contributed by atoms with E-state index < -0.39 is 47.1 Å². The van der Waals surface area contributed by atoms with Crippen LogP contribution in [0, 0.1) is 11.2 Å². The second-order valence-electron chi connectivity index (χ2n) is 8.83. The second kappa shape index (κ2) is 7.24. The largest absolute Gasteiger partial charge is 0.374 e. The summed E-state index contributed by atoms with van der Waals surface area (Å²) in [5.41, 5.74) is -1.54. The highest BCUT2D eigenvalue weighted by molar-refractivity contribution is 6.20.